The maximum absolute atomic E-state index is 5.64. The van der Waals surface area contributed by atoms with Gasteiger partial charge in [0.2, 0.25) is 5.88 Å². The van der Waals surface area contributed by atoms with E-state index in [2.05, 4.69) is 19.0 Å². The van der Waals surface area contributed by atoms with E-state index in [0.29, 0.717) is 18.4 Å². The van der Waals surface area contributed by atoms with E-state index in [1.165, 1.54) is 0 Å². The molecule has 0 spiro atoms. The van der Waals surface area contributed by atoms with Crippen molar-refractivity contribution >= 4 is 5.88 Å². The van der Waals surface area contributed by atoms with Crippen molar-refractivity contribution in [2.24, 2.45) is 0 Å². The molecule has 0 amide bonds. The van der Waals surface area contributed by atoms with Gasteiger partial charge in [0, 0.05) is 19.1 Å². The molecular formula is C9H16N2O2. The first-order valence-corrected chi connectivity index (χ1v) is 4.39. The van der Waals surface area contributed by atoms with Gasteiger partial charge in [0.1, 0.15) is 0 Å². The molecule has 0 unspecified atom stereocenters. The van der Waals surface area contributed by atoms with E-state index < -0.39 is 0 Å². The fourth-order valence-electron chi connectivity index (χ4n) is 1.34. The van der Waals surface area contributed by atoms with Crippen LogP contribution in [0, 0.1) is 0 Å². The van der Waals surface area contributed by atoms with E-state index in [1.807, 2.05) is 0 Å². The number of ether oxygens (including phenoxy) is 1. The zero-order chi connectivity index (χ0) is 9.84. The van der Waals surface area contributed by atoms with Gasteiger partial charge in [-0.2, -0.15) is 0 Å². The summed E-state index contributed by atoms with van der Waals surface area (Å²) in [5.74, 6) is 0.777. The smallest absolute Gasteiger partial charge is 0.225 e. The van der Waals surface area contributed by atoms with Gasteiger partial charge in [-0.15, -0.1) is 0 Å². The zero-order valence-electron chi connectivity index (χ0n) is 8.33. The standard InChI is InChI=1S/C9H16N2O2/c1-6(2)8-7(4-5-12-3)11-13-9(8)10/h6H,4-5,10H2,1-3H3. The SMILES string of the molecule is COCCc1noc(N)c1C(C)C. The van der Waals surface area contributed by atoms with Crippen LogP contribution in [-0.2, 0) is 11.2 Å². The molecule has 0 saturated carbocycles. The molecule has 74 valence electrons. The number of nitrogen functional groups attached to an aromatic ring is 1. The fraction of sp³-hybridized carbons (Fsp3) is 0.667. The van der Waals surface area contributed by atoms with Crippen LogP contribution in [0.15, 0.2) is 4.52 Å². The second-order valence-electron chi connectivity index (χ2n) is 3.30. The van der Waals surface area contributed by atoms with Gasteiger partial charge in [-0.25, -0.2) is 0 Å². The van der Waals surface area contributed by atoms with Gasteiger partial charge in [-0.05, 0) is 5.92 Å². The molecule has 2 N–H and O–H groups in total. The van der Waals surface area contributed by atoms with E-state index >= 15 is 0 Å². The minimum Gasteiger partial charge on any atom is -0.384 e. The molecule has 1 heterocycles. The van der Waals surface area contributed by atoms with Crippen LogP contribution >= 0.6 is 0 Å². The van der Waals surface area contributed by atoms with Crippen LogP contribution in [0.3, 0.4) is 0 Å². The van der Waals surface area contributed by atoms with Gasteiger partial charge >= 0.3 is 0 Å². The Morgan fingerprint density at radius 3 is 2.77 bits per heavy atom. The first-order chi connectivity index (χ1) is 6.16. The largest absolute Gasteiger partial charge is 0.384 e. The fourth-order valence-corrected chi connectivity index (χ4v) is 1.34. The van der Waals surface area contributed by atoms with Crippen molar-refractivity contribution in [2.45, 2.75) is 26.2 Å². The highest BCUT2D eigenvalue weighted by Crippen LogP contribution is 2.25. The van der Waals surface area contributed by atoms with Crippen LogP contribution < -0.4 is 5.73 Å². The molecule has 0 aliphatic rings. The third-order valence-corrected chi connectivity index (χ3v) is 1.95. The first-order valence-electron chi connectivity index (χ1n) is 4.39. The van der Waals surface area contributed by atoms with Crippen molar-refractivity contribution in [3.8, 4) is 0 Å². The monoisotopic (exact) mass is 184 g/mol. The van der Waals surface area contributed by atoms with E-state index in [1.54, 1.807) is 7.11 Å². The highest BCUT2D eigenvalue weighted by atomic mass is 16.5. The average molecular weight is 184 g/mol. The molecule has 1 rings (SSSR count). The van der Waals surface area contributed by atoms with Crippen molar-refractivity contribution in [1.82, 2.24) is 5.16 Å². The quantitative estimate of drug-likeness (QED) is 0.771. The van der Waals surface area contributed by atoms with E-state index in [0.717, 1.165) is 17.7 Å². The second-order valence-corrected chi connectivity index (χ2v) is 3.30. The van der Waals surface area contributed by atoms with Gasteiger partial charge in [-0.1, -0.05) is 19.0 Å². The Morgan fingerprint density at radius 1 is 1.54 bits per heavy atom. The number of aromatic nitrogens is 1. The summed E-state index contributed by atoms with van der Waals surface area (Å²) in [6.45, 7) is 4.78. The summed E-state index contributed by atoms with van der Waals surface area (Å²) in [7, 11) is 1.67. The number of hydrogen-bond donors (Lipinski definition) is 1. The summed E-state index contributed by atoms with van der Waals surface area (Å²) >= 11 is 0. The highest BCUT2D eigenvalue weighted by molar-refractivity contribution is 5.41. The summed E-state index contributed by atoms with van der Waals surface area (Å²) in [6, 6.07) is 0. The Hall–Kier alpha value is -1.03. The first kappa shape index (κ1) is 10.1. The molecule has 13 heavy (non-hydrogen) atoms. The van der Waals surface area contributed by atoms with Gasteiger partial charge in [0.15, 0.2) is 0 Å². The van der Waals surface area contributed by atoms with Crippen molar-refractivity contribution in [2.75, 3.05) is 19.5 Å². The van der Waals surface area contributed by atoms with Crippen LogP contribution in [-0.4, -0.2) is 18.9 Å². The predicted octanol–water partition coefficient (Wildman–Crippen LogP) is 1.57. The van der Waals surface area contributed by atoms with Crippen LogP contribution in [0.25, 0.3) is 0 Å². The van der Waals surface area contributed by atoms with Crippen LogP contribution in [0.4, 0.5) is 5.88 Å². The molecule has 0 fully saturated rings. The number of nitrogens with zero attached hydrogens (tertiary/aromatic N) is 1. The minimum atomic E-state index is 0.345. The Kier molecular flexibility index (Phi) is 3.31. The van der Waals surface area contributed by atoms with Crippen LogP contribution in [0.5, 0.6) is 0 Å². The number of methoxy groups -OCH3 is 1. The van der Waals surface area contributed by atoms with Crippen LogP contribution in [0.2, 0.25) is 0 Å². The number of hydrogen-bond acceptors (Lipinski definition) is 4. The molecule has 4 nitrogen and oxygen atoms in total. The lowest BCUT2D eigenvalue weighted by atomic mass is 10.0. The number of nitrogens with two attached hydrogens (primary N) is 1. The lowest BCUT2D eigenvalue weighted by molar-refractivity contribution is 0.200. The highest BCUT2D eigenvalue weighted by Gasteiger charge is 2.15. The predicted molar refractivity (Wildman–Crippen MR) is 50.6 cm³/mol. The number of anilines is 1. The Labute approximate surface area is 78.0 Å². The van der Waals surface area contributed by atoms with Crippen molar-refractivity contribution in [1.29, 1.82) is 0 Å². The molecule has 0 saturated heterocycles. The van der Waals surface area contributed by atoms with Crippen LogP contribution in [0.1, 0.15) is 31.0 Å². The molecule has 0 aliphatic carbocycles. The summed E-state index contributed by atoms with van der Waals surface area (Å²) in [6.07, 6.45) is 0.755. The Morgan fingerprint density at radius 2 is 2.23 bits per heavy atom. The lowest BCUT2D eigenvalue weighted by Crippen LogP contribution is -2.01. The molecule has 0 radical (unpaired) electrons. The second kappa shape index (κ2) is 4.28. The molecule has 0 aliphatic heterocycles. The van der Waals surface area contributed by atoms with E-state index in [4.69, 9.17) is 15.0 Å². The summed E-state index contributed by atoms with van der Waals surface area (Å²) in [5.41, 5.74) is 7.57. The van der Waals surface area contributed by atoms with Gasteiger partial charge in [-0.3, -0.25) is 0 Å². The normalized spacial score (nSPS) is 11.1. The molecular weight excluding hydrogens is 168 g/mol. The van der Waals surface area contributed by atoms with E-state index in [9.17, 15) is 0 Å². The van der Waals surface area contributed by atoms with Crippen molar-refractivity contribution in [3.05, 3.63) is 11.3 Å². The summed E-state index contributed by atoms with van der Waals surface area (Å²) < 4.78 is 9.89. The van der Waals surface area contributed by atoms with Gasteiger partial charge in [0.05, 0.1) is 12.3 Å². The average Bonchev–Trinajstić information content (AvgIpc) is 2.43. The third kappa shape index (κ3) is 2.21. The molecule has 1 aromatic rings. The lowest BCUT2D eigenvalue weighted by Gasteiger charge is -2.04. The minimum absolute atomic E-state index is 0.345. The molecule has 0 aromatic carbocycles. The molecule has 0 atom stereocenters. The Bertz CT molecular complexity index is 269. The third-order valence-electron chi connectivity index (χ3n) is 1.95. The molecule has 4 heteroatoms. The maximum Gasteiger partial charge on any atom is 0.225 e. The topological polar surface area (TPSA) is 61.3 Å². The van der Waals surface area contributed by atoms with Crippen molar-refractivity contribution < 1.29 is 9.26 Å². The van der Waals surface area contributed by atoms with Gasteiger partial charge in [0.25, 0.3) is 0 Å². The molecule has 1 aromatic heterocycles. The molecule has 0 bridgehead atoms. The van der Waals surface area contributed by atoms with E-state index in [-0.39, 0.29) is 0 Å². The summed E-state index contributed by atoms with van der Waals surface area (Å²) in [4.78, 5) is 0. The van der Waals surface area contributed by atoms with Crippen molar-refractivity contribution in [3.63, 3.8) is 0 Å². The Balaban J connectivity index is 2.81. The van der Waals surface area contributed by atoms with Gasteiger partial charge < -0.3 is 15.0 Å². The zero-order valence-corrected chi connectivity index (χ0v) is 8.33. The number of rotatable bonds is 4. The summed E-state index contributed by atoms with van der Waals surface area (Å²) in [5, 5.41) is 3.89. The maximum atomic E-state index is 5.64.